The average molecular weight is 306 g/mol. The highest BCUT2D eigenvalue weighted by Crippen LogP contribution is 2.51. The molecule has 2 heteroatoms. The standard InChI is InChI=1S/C21H22O2/c1-5-14-21(23-19(22)20(2,3)4)17-12-8-6-10-15(17)16-11-7-9-13-18(16)21/h5-14H,1-4H3/b14-5+. The van der Waals surface area contributed by atoms with Crippen molar-refractivity contribution in [2.45, 2.75) is 33.3 Å². The summed E-state index contributed by atoms with van der Waals surface area (Å²) in [5.74, 6) is -0.206. The molecule has 0 saturated heterocycles. The maximum Gasteiger partial charge on any atom is 0.312 e. The average Bonchev–Trinajstić information content (AvgIpc) is 2.79. The van der Waals surface area contributed by atoms with Crippen molar-refractivity contribution in [3.8, 4) is 11.1 Å². The molecule has 0 N–H and O–H groups in total. The maximum absolute atomic E-state index is 12.7. The lowest BCUT2D eigenvalue weighted by molar-refractivity contribution is -0.162. The summed E-state index contributed by atoms with van der Waals surface area (Å²) >= 11 is 0. The SMILES string of the molecule is C/C=C/C1(OC(=O)C(C)(C)C)c2ccccc2-c2ccccc21. The molecule has 118 valence electrons. The molecule has 23 heavy (non-hydrogen) atoms. The van der Waals surface area contributed by atoms with Gasteiger partial charge < -0.3 is 4.74 Å². The Morgan fingerprint density at radius 1 is 0.957 bits per heavy atom. The van der Waals surface area contributed by atoms with E-state index in [1.165, 1.54) is 0 Å². The van der Waals surface area contributed by atoms with E-state index in [1.807, 2.05) is 76.2 Å². The second-order valence-electron chi connectivity index (χ2n) is 6.97. The number of carbonyl (C=O) groups is 1. The van der Waals surface area contributed by atoms with Gasteiger partial charge in [0.1, 0.15) is 0 Å². The van der Waals surface area contributed by atoms with Crippen LogP contribution < -0.4 is 0 Å². The zero-order valence-electron chi connectivity index (χ0n) is 14.1. The predicted octanol–water partition coefficient (Wildman–Crippen LogP) is 5.08. The van der Waals surface area contributed by atoms with Crippen molar-refractivity contribution in [2.24, 2.45) is 5.41 Å². The predicted molar refractivity (Wildman–Crippen MR) is 93.0 cm³/mol. The third-order valence-corrected chi connectivity index (χ3v) is 4.21. The summed E-state index contributed by atoms with van der Waals surface area (Å²) in [4.78, 5) is 12.7. The number of esters is 1. The van der Waals surface area contributed by atoms with Gasteiger partial charge in [0.05, 0.1) is 5.41 Å². The Kier molecular flexibility index (Phi) is 3.63. The minimum Gasteiger partial charge on any atom is -0.444 e. The number of ether oxygens (including phenoxy) is 1. The summed E-state index contributed by atoms with van der Waals surface area (Å²) in [5, 5.41) is 0. The highest BCUT2D eigenvalue weighted by molar-refractivity contribution is 5.84. The minimum absolute atomic E-state index is 0.206. The molecule has 0 bridgehead atoms. The summed E-state index contributed by atoms with van der Waals surface area (Å²) in [6.07, 6.45) is 3.94. The van der Waals surface area contributed by atoms with Gasteiger partial charge in [0.25, 0.3) is 0 Å². The molecule has 0 saturated carbocycles. The van der Waals surface area contributed by atoms with E-state index in [2.05, 4.69) is 12.1 Å². The molecule has 0 fully saturated rings. The molecule has 0 atom stereocenters. The highest BCUT2D eigenvalue weighted by atomic mass is 16.6. The zero-order valence-corrected chi connectivity index (χ0v) is 14.1. The molecule has 3 rings (SSSR count). The minimum atomic E-state index is -0.841. The number of allylic oxidation sites excluding steroid dienone is 1. The first-order chi connectivity index (χ1) is 10.9. The lowest BCUT2D eigenvalue weighted by atomic mass is 9.89. The van der Waals surface area contributed by atoms with Crippen molar-refractivity contribution in [3.05, 3.63) is 71.8 Å². The molecule has 1 aliphatic rings. The second-order valence-corrected chi connectivity index (χ2v) is 6.97. The molecule has 0 amide bonds. The molecule has 1 aliphatic carbocycles. The molecule has 0 unspecified atom stereocenters. The second kappa shape index (κ2) is 5.38. The first-order valence-electron chi connectivity index (χ1n) is 7.97. The first kappa shape index (κ1) is 15.5. The van der Waals surface area contributed by atoms with Crippen LogP contribution in [0.3, 0.4) is 0 Å². The summed E-state index contributed by atoms with van der Waals surface area (Å²) in [7, 11) is 0. The van der Waals surface area contributed by atoms with E-state index in [1.54, 1.807) is 0 Å². The van der Waals surface area contributed by atoms with Crippen LogP contribution in [0.1, 0.15) is 38.8 Å². The van der Waals surface area contributed by atoms with Gasteiger partial charge in [-0.2, -0.15) is 0 Å². The highest BCUT2D eigenvalue weighted by Gasteiger charge is 2.45. The van der Waals surface area contributed by atoms with Crippen molar-refractivity contribution < 1.29 is 9.53 Å². The largest absolute Gasteiger partial charge is 0.444 e. The fraction of sp³-hybridized carbons (Fsp3) is 0.286. The smallest absolute Gasteiger partial charge is 0.312 e. The monoisotopic (exact) mass is 306 g/mol. The number of fused-ring (bicyclic) bond motifs is 3. The van der Waals surface area contributed by atoms with Gasteiger partial charge >= 0.3 is 5.97 Å². The molecule has 0 radical (unpaired) electrons. The number of carbonyl (C=O) groups excluding carboxylic acids is 1. The lowest BCUT2D eigenvalue weighted by Gasteiger charge is -2.32. The molecule has 0 aromatic heterocycles. The topological polar surface area (TPSA) is 26.3 Å². The molecule has 0 heterocycles. The molecular weight excluding hydrogens is 284 g/mol. The van der Waals surface area contributed by atoms with E-state index in [0.717, 1.165) is 22.3 Å². The Hall–Kier alpha value is -2.35. The van der Waals surface area contributed by atoms with Gasteiger partial charge in [0.2, 0.25) is 0 Å². The van der Waals surface area contributed by atoms with E-state index in [-0.39, 0.29) is 5.97 Å². The Bertz CT molecular complexity index is 733. The van der Waals surface area contributed by atoms with Crippen LogP contribution in [0, 0.1) is 5.41 Å². The van der Waals surface area contributed by atoms with Crippen LogP contribution in [0.25, 0.3) is 11.1 Å². The Labute approximate surface area is 137 Å². The van der Waals surface area contributed by atoms with Crippen LogP contribution >= 0.6 is 0 Å². The summed E-state index contributed by atoms with van der Waals surface area (Å²) in [6, 6.07) is 16.3. The van der Waals surface area contributed by atoms with Crippen molar-refractivity contribution in [1.29, 1.82) is 0 Å². The summed E-state index contributed by atoms with van der Waals surface area (Å²) in [5.41, 5.74) is 2.91. The number of hydrogen-bond acceptors (Lipinski definition) is 2. The van der Waals surface area contributed by atoms with Gasteiger partial charge in [-0.25, -0.2) is 0 Å². The third kappa shape index (κ3) is 2.39. The summed E-state index contributed by atoms with van der Waals surface area (Å²) < 4.78 is 6.13. The fourth-order valence-corrected chi connectivity index (χ4v) is 3.09. The number of benzene rings is 2. The van der Waals surface area contributed by atoms with Crippen molar-refractivity contribution in [2.75, 3.05) is 0 Å². The number of rotatable bonds is 2. The molecule has 2 aromatic rings. The molecule has 0 aliphatic heterocycles. The van der Waals surface area contributed by atoms with Gasteiger partial charge in [-0.1, -0.05) is 54.6 Å². The molecular formula is C21H22O2. The van der Waals surface area contributed by atoms with E-state index in [9.17, 15) is 4.79 Å². The fourth-order valence-electron chi connectivity index (χ4n) is 3.09. The Morgan fingerprint density at radius 3 is 1.87 bits per heavy atom. The van der Waals surface area contributed by atoms with Crippen LogP contribution in [0.2, 0.25) is 0 Å². The van der Waals surface area contributed by atoms with Crippen LogP contribution in [0.15, 0.2) is 60.7 Å². The Balaban J connectivity index is 2.26. The zero-order chi connectivity index (χ0) is 16.7. The van der Waals surface area contributed by atoms with E-state index in [0.29, 0.717) is 0 Å². The van der Waals surface area contributed by atoms with Gasteiger partial charge in [-0.05, 0) is 44.9 Å². The molecule has 2 nitrogen and oxygen atoms in total. The quantitative estimate of drug-likeness (QED) is 0.571. The van der Waals surface area contributed by atoms with Gasteiger partial charge in [-0.15, -0.1) is 0 Å². The van der Waals surface area contributed by atoms with E-state index in [4.69, 9.17) is 4.74 Å². The van der Waals surface area contributed by atoms with Crippen molar-refractivity contribution >= 4 is 5.97 Å². The normalized spacial score (nSPS) is 15.3. The van der Waals surface area contributed by atoms with Gasteiger partial charge in [0, 0.05) is 11.1 Å². The van der Waals surface area contributed by atoms with Gasteiger partial charge in [-0.3, -0.25) is 4.79 Å². The van der Waals surface area contributed by atoms with Gasteiger partial charge in [0.15, 0.2) is 5.60 Å². The Morgan fingerprint density at radius 2 is 1.43 bits per heavy atom. The van der Waals surface area contributed by atoms with Crippen LogP contribution in [0.4, 0.5) is 0 Å². The maximum atomic E-state index is 12.7. The van der Waals surface area contributed by atoms with E-state index < -0.39 is 11.0 Å². The van der Waals surface area contributed by atoms with Crippen molar-refractivity contribution in [3.63, 3.8) is 0 Å². The van der Waals surface area contributed by atoms with Crippen LogP contribution in [0.5, 0.6) is 0 Å². The number of hydrogen-bond donors (Lipinski definition) is 0. The molecule has 2 aromatic carbocycles. The van der Waals surface area contributed by atoms with Crippen molar-refractivity contribution in [1.82, 2.24) is 0 Å². The summed E-state index contributed by atoms with van der Waals surface area (Å²) in [6.45, 7) is 7.60. The van der Waals surface area contributed by atoms with Crippen LogP contribution in [-0.4, -0.2) is 5.97 Å². The van der Waals surface area contributed by atoms with E-state index >= 15 is 0 Å². The molecule has 0 spiro atoms. The third-order valence-electron chi connectivity index (χ3n) is 4.21. The first-order valence-corrected chi connectivity index (χ1v) is 7.97. The van der Waals surface area contributed by atoms with Crippen LogP contribution in [-0.2, 0) is 15.1 Å². The lowest BCUT2D eigenvalue weighted by Crippen LogP contribution is -2.35.